The molecule has 35 heavy (non-hydrogen) atoms. The molecule has 3 aromatic rings. The molecule has 0 amide bonds. The molecule has 2 aliphatic heterocycles. The Labute approximate surface area is 214 Å². The van der Waals surface area contributed by atoms with Gasteiger partial charge in [0.1, 0.15) is 11.3 Å². The minimum absolute atomic E-state index is 0.739. The molecule has 0 unspecified atom stereocenters. The molecule has 2 aromatic carbocycles. The van der Waals surface area contributed by atoms with Gasteiger partial charge in [-0.1, -0.05) is 23.7 Å². The average Bonchev–Trinajstić information content (AvgIpc) is 3.31. The van der Waals surface area contributed by atoms with Gasteiger partial charge in [-0.05, 0) is 88.6 Å². The number of hydrogen-bond acceptors (Lipinski definition) is 5. The minimum atomic E-state index is 0.739. The highest BCUT2D eigenvalue weighted by molar-refractivity contribution is 6.30. The lowest BCUT2D eigenvalue weighted by Crippen LogP contribution is -2.52. The zero-order valence-electron chi connectivity index (χ0n) is 20.9. The first kappa shape index (κ1) is 24.6. The minimum Gasteiger partial charge on any atom is -0.493 e. The third kappa shape index (κ3) is 6.39. The van der Waals surface area contributed by atoms with E-state index in [2.05, 4.69) is 27.8 Å². The van der Waals surface area contributed by atoms with E-state index in [1.54, 1.807) is 0 Å². The molecule has 0 spiro atoms. The monoisotopic (exact) mass is 495 g/mol. The van der Waals surface area contributed by atoms with Gasteiger partial charge in [0.15, 0.2) is 0 Å². The van der Waals surface area contributed by atoms with Crippen LogP contribution in [0.25, 0.3) is 22.1 Å². The molecule has 2 aliphatic rings. The highest BCUT2D eigenvalue weighted by Gasteiger charge is 2.26. The van der Waals surface area contributed by atoms with Gasteiger partial charge in [0.25, 0.3) is 0 Å². The number of ether oxygens (including phenoxy) is 1. The van der Waals surface area contributed by atoms with Crippen molar-refractivity contribution in [3.05, 3.63) is 53.8 Å². The number of unbranched alkanes of at least 4 members (excludes halogenated alkanes) is 2. The van der Waals surface area contributed by atoms with Gasteiger partial charge in [-0.15, -0.1) is 0 Å². The second-order valence-electron chi connectivity index (χ2n) is 10.1. The van der Waals surface area contributed by atoms with Crippen LogP contribution in [0.4, 0.5) is 0 Å². The van der Waals surface area contributed by atoms with Crippen LogP contribution in [-0.2, 0) is 0 Å². The topological polar surface area (TPSA) is 32.1 Å². The second-order valence-corrected chi connectivity index (χ2v) is 10.6. The van der Waals surface area contributed by atoms with Crippen LogP contribution in [-0.4, -0.2) is 80.2 Å². The predicted octanol–water partition coefficient (Wildman–Crippen LogP) is 6.01. The van der Waals surface area contributed by atoms with Crippen molar-refractivity contribution in [1.82, 2.24) is 14.7 Å². The van der Waals surface area contributed by atoms with Crippen molar-refractivity contribution in [1.29, 1.82) is 0 Å². The number of piperidine rings is 1. The molecule has 1 aromatic heterocycles. The van der Waals surface area contributed by atoms with Crippen molar-refractivity contribution in [2.75, 3.05) is 59.5 Å². The number of nitrogens with zero attached hydrogens (tertiary/aromatic N) is 3. The molecule has 0 saturated carbocycles. The van der Waals surface area contributed by atoms with Gasteiger partial charge in [-0.3, -0.25) is 4.90 Å². The van der Waals surface area contributed by atoms with Crippen LogP contribution in [0, 0.1) is 0 Å². The fourth-order valence-electron chi connectivity index (χ4n) is 5.47. The molecule has 0 aliphatic carbocycles. The average molecular weight is 496 g/mol. The third-order valence-electron chi connectivity index (χ3n) is 7.70. The molecule has 2 fully saturated rings. The second kappa shape index (κ2) is 11.8. The van der Waals surface area contributed by atoms with E-state index in [4.69, 9.17) is 20.8 Å². The lowest BCUT2D eigenvalue weighted by Gasteiger charge is -2.42. The summed E-state index contributed by atoms with van der Waals surface area (Å²) in [6.07, 6.45) is 8.03. The number of benzene rings is 2. The van der Waals surface area contributed by atoms with Gasteiger partial charge in [-0.2, -0.15) is 0 Å². The van der Waals surface area contributed by atoms with Crippen LogP contribution in [0.2, 0.25) is 5.02 Å². The van der Waals surface area contributed by atoms with Crippen LogP contribution in [0.3, 0.4) is 0 Å². The van der Waals surface area contributed by atoms with Crippen LogP contribution in [0.15, 0.2) is 53.1 Å². The van der Waals surface area contributed by atoms with Crippen molar-refractivity contribution < 1.29 is 9.15 Å². The van der Waals surface area contributed by atoms with Crippen molar-refractivity contribution in [3.63, 3.8) is 0 Å². The molecular formula is C29H38ClN3O2. The van der Waals surface area contributed by atoms with Gasteiger partial charge < -0.3 is 19.0 Å². The van der Waals surface area contributed by atoms with E-state index >= 15 is 0 Å². The van der Waals surface area contributed by atoms with Gasteiger partial charge in [0, 0.05) is 54.3 Å². The number of fused-ring (bicyclic) bond motifs is 1. The molecule has 0 atom stereocenters. The normalized spacial score (nSPS) is 18.9. The molecule has 0 N–H and O–H groups in total. The van der Waals surface area contributed by atoms with E-state index in [1.165, 1.54) is 71.5 Å². The quantitative estimate of drug-likeness (QED) is 0.339. The molecule has 2 saturated heterocycles. The van der Waals surface area contributed by atoms with E-state index in [1.807, 2.05) is 42.7 Å². The Kier molecular flexibility index (Phi) is 8.30. The highest BCUT2D eigenvalue weighted by Crippen LogP contribution is 2.33. The Morgan fingerprint density at radius 3 is 2.46 bits per heavy atom. The fourth-order valence-corrected chi connectivity index (χ4v) is 5.59. The summed E-state index contributed by atoms with van der Waals surface area (Å²) < 4.78 is 11.8. The molecule has 0 bridgehead atoms. The standard InChI is InChI=1S/C29H38ClN3O2/c1-31-14-11-25(12-15-31)33-18-16-32(17-19-33)13-3-2-4-20-34-26-9-10-27-28(22-35-29(27)21-26)23-5-7-24(30)8-6-23/h5-10,21-22,25H,2-4,11-20H2,1H3. The molecule has 3 heterocycles. The molecule has 5 rings (SSSR count). The molecule has 0 radical (unpaired) electrons. The molecule has 188 valence electrons. The summed E-state index contributed by atoms with van der Waals surface area (Å²) in [4.78, 5) is 7.85. The summed E-state index contributed by atoms with van der Waals surface area (Å²) >= 11 is 6.02. The van der Waals surface area contributed by atoms with E-state index in [0.717, 1.165) is 51.9 Å². The maximum absolute atomic E-state index is 6.02. The predicted molar refractivity (Wildman–Crippen MR) is 145 cm³/mol. The highest BCUT2D eigenvalue weighted by atomic mass is 35.5. The summed E-state index contributed by atoms with van der Waals surface area (Å²) in [7, 11) is 2.25. The zero-order chi connectivity index (χ0) is 24.0. The van der Waals surface area contributed by atoms with Crippen LogP contribution in [0.1, 0.15) is 32.1 Å². The Hall–Kier alpha value is -2.05. The summed E-state index contributed by atoms with van der Waals surface area (Å²) in [6.45, 7) is 9.42. The molecule has 6 heteroatoms. The van der Waals surface area contributed by atoms with Crippen LogP contribution >= 0.6 is 11.6 Å². The first-order valence-corrected chi connectivity index (χ1v) is 13.6. The number of halogens is 1. The number of piperazine rings is 1. The first-order valence-electron chi connectivity index (χ1n) is 13.2. The number of rotatable bonds is 9. The van der Waals surface area contributed by atoms with Crippen molar-refractivity contribution in [3.8, 4) is 16.9 Å². The van der Waals surface area contributed by atoms with E-state index in [0.29, 0.717) is 0 Å². The van der Waals surface area contributed by atoms with Crippen molar-refractivity contribution in [2.45, 2.75) is 38.1 Å². The molecule has 5 nitrogen and oxygen atoms in total. The van der Waals surface area contributed by atoms with Gasteiger partial charge in [0.05, 0.1) is 12.9 Å². The SMILES string of the molecule is CN1CCC(N2CCN(CCCCCOc3ccc4c(-c5ccc(Cl)cc5)coc4c3)CC2)CC1. The van der Waals surface area contributed by atoms with Crippen LogP contribution in [0.5, 0.6) is 5.75 Å². The zero-order valence-corrected chi connectivity index (χ0v) is 21.7. The van der Waals surface area contributed by atoms with E-state index in [-0.39, 0.29) is 0 Å². The Balaban J connectivity index is 0.992. The maximum Gasteiger partial charge on any atom is 0.138 e. The Morgan fingerprint density at radius 1 is 0.914 bits per heavy atom. The van der Waals surface area contributed by atoms with Gasteiger partial charge in [0.2, 0.25) is 0 Å². The summed E-state index contributed by atoms with van der Waals surface area (Å²) in [6, 6.07) is 14.8. The number of hydrogen-bond donors (Lipinski definition) is 0. The van der Waals surface area contributed by atoms with Crippen molar-refractivity contribution in [2.24, 2.45) is 0 Å². The smallest absolute Gasteiger partial charge is 0.138 e. The van der Waals surface area contributed by atoms with Gasteiger partial charge in [-0.25, -0.2) is 0 Å². The summed E-state index contributed by atoms with van der Waals surface area (Å²) in [5, 5.41) is 1.83. The lowest BCUT2D eigenvalue weighted by molar-refractivity contribution is 0.0639. The number of likely N-dealkylation sites (tertiary alicyclic amines) is 1. The largest absolute Gasteiger partial charge is 0.493 e. The van der Waals surface area contributed by atoms with Crippen LogP contribution < -0.4 is 4.74 Å². The molecular weight excluding hydrogens is 458 g/mol. The number of furan rings is 1. The Morgan fingerprint density at radius 2 is 1.69 bits per heavy atom. The first-order chi connectivity index (χ1) is 17.2. The summed E-state index contributed by atoms with van der Waals surface area (Å²) in [5.41, 5.74) is 3.03. The summed E-state index contributed by atoms with van der Waals surface area (Å²) in [5.74, 6) is 0.875. The third-order valence-corrected chi connectivity index (χ3v) is 7.95. The van der Waals surface area contributed by atoms with E-state index < -0.39 is 0 Å². The maximum atomic E-state index is 6.02. The Bertz CT molecular complexity index is 1070. The van der Waals surface area contributed by atoms with E-state index in [9.17, 15) is 0 Å². The van der Waals surface area contributed by atoms with Crippen molar-refractivity contribution >= 4 is 22.6 Å². The van der Waals surface area contributed by atoms with Gasteiger partial charge >= 0.3 is 0 Å². The fraction of sp³-hybridized carbons (Fsp3) is 0.517. The lowest BCUT2D eigenvalue weighted by atomic mass is 10.0.